The standard InChI is InChI=1S/C78H56N2/c1-53-25-21-23-39-75(53)79(63-35-17-7-18-36-63)65-43-41-55-47-67-69-51-74-70(52-73(69)77(59-27-9-3-10-28-59,60-29-11-4-12-30-60)71(67)49-57(55)45-65)68-48-56-42-44-66(80(64-37-19-8-20-38-64)76-40-24-22-26-54(76)2)46-58(56)50-72(68)78(74,61-31-13-5-14-32-61)62-33-15-6-16-34-62/h3-52H,1-2H3. The number of rotatable bonds is 10. The molecule has 0 amide bonds. The van der Waals surface area contributed by atoms with Crippen LogP contribution < -0.4 is 9.80 Å². The molecule has 15 rings (SSSR count). The minimum Gasteiger partial charge on any atom is -0.310 e. The molecule has 0 heterocycles. The SMILES string of the molecule is Cc1ccccc1N(c1ccccc1)c1ccc2cc3c(cc2c1)C(c1ccccc1)(c1ccccc1)c1cc2c(cc1-3)C(c1ccccc1)(c1ccccc1)c1cc3cc(N(c4ccccc4)c4ccccc4C)ccc3cc1-2. The molecule has 0 spiro atoms. The molecular formula is C78H56N2. The minimum atomic E-state index is -0.658. The van der Waals surface area contributed by atoms with E-state index >= 15 is 0 Å². The van der Waals surface area contributed by atoms with E-state index in [2.05, 4.69) is 327 Å². The van der Waals surface area contributed by atoms with Crippen LogP contribution in [-0.2, 0) is 10.8 Å². The van der Waals surface area contributed by atoms with Crippen molar-refractivity contribution >= 4 is 55.7 Å². The third kappa shape index (κ3) is 7.19. The van der Waals surface area contributed by atoms with Gasteiger partial charge in [-0.25, -0.2) is 0 Å². The highest BCUT2D eigenvalue weighted by Crippen LogP contribution is 2.63. The molecule has 80 heavy (non-hydrogen) atoms. The highest BCUT2D eigenvalue weighted by Gasteiger charge is 2.51. The molecule has 378 valence electrons. The first-order valence-corrected chi connectivity index (χ1v) is 27.9. The van der Waals surface area contributed by atoms with Gasteiger partial charge in [-0.3, -0.25) is 0 Å². The summed E-state index contributed by atoms with van der Waals surface area (Å²) >= 11 is 0. The number of fused-ring (bicyclic) bond motifs is 8. The highest BCUT2D eigenvalue weighted by atomic mass is 15.1. The van der Waals surface area contributed by atoms with E-state index in [1.807, 2.05) is 0 Å². The van der Waals surface area contributed by atoms with E-state index in [1.165, 1.54) is 99.4 Å². The monoisotopic (exact) mass is 1020 g/mol. The van der Waals surface area contributed by atoms with Crippen LogP contribution in [0.2, 0.25) is 0 Å². The van der Waals surface area contributed by atoms with Gasteiger partial charge in [-0.05, 0) is 210 Å². The predicted molar refractivity (Wildman–Crippen MR) is 335 cm³/mol. The lowest BCUT2D eigenvalue weighted by molar-refractivity contribution is 0.760. The molecule has 0 bridgehead atoms. The number of hydrogen-bond donors (Lipinski definition) is 0. The summed E-state index contributed by atoms with van der Waals surface area (Å²) in [5.41, 5.74) is 23.1. The number of hydrogen-bond acceptors (Lipinski definition) is 2. The van der Waals surface area contributed by atoms with Gasteiger partial charge >= 0.3 is 0 Å². The van der Waals surface area contributed by atoms with Crippen molar-refractivity contribution in [3.63, 3.8) is 0 Å². The Labute approximate surface area is 468 Å². The van der Waals surface area contributed by atoms with E-state index in [1.54, 1.807) is 0 Å². The fourth-order valence-electron chi connectivity index (χ4n) is 13.8. The van der Waals surface area contributed by atoms with Gasteiger partial charge in [0.1, 0.15) is 0 Å². The van der Waals surface area contributed by atoms with E-state index in [4.69, 9.17) is 0 Å². The molecule has 0 saturated heterocycles. The van der Waals surface area contributed by atoms with Gasteiger partial charge in [0, 0.05) is 34.1 Å². The van der Waals surface area contributed by atoms with Crippen molar-refractivity contribution in [2.24, 2.45) is 0 Å². The summed E-state index contributed by atoms with van der Waals surface area (Å²) in [5, 5.41) is 4.79. The molecule has 13 aromatic rings. The second kappa shape index (κ2) is 18.9. The van der Waals surface area contributed by atoms with Gasteiger partial charge in [0.2, 0.25) is 0 Å². The van der Waals surface area contributed by atoms with Crippen LogP contribution in [0.1, 0.15) is 55.6 Å². The zero-order valence-electron chi connectivity index (χ0n) is 44.8. The average molecular weight is 1020 g/mol. The van der Waals surface area contributed by atoms with Crippen LogP contribution in [0.15, 0.2) is 303 Å². The summed E-state index contributed by atoms with van der Waals surface area (Å²) in [5.74, 6) is 0. The maximum absolute atomic E-state index is 2.61. The molecule has 0 aromatic heterocycles. The zero-order chi connectivity index (χ0) is 53.4. The molecule has 0 unspecified atom stereocenters. The quantitative estimate of drug-likeness (QED) is 0.135. The number of para-hydroxylation sites is 4. The van der Waals surface area contributed by atoms with Gasteiger partial charge in [0.05, 0.1) is 10.8 Å². The maximum atomic E-state index is 2.61. The Morgan fingerprint density at radius 1 is 0.225 bits per heavy atom. The van der Waals surface area contributed by atoms with Gasteiger partial charge in [-0.1, -0.05) is 206 Å². The van der Waals surface area contributed by atoms with E-state index < -0.39 is 10.8 Å². The van der Waals surface area contributed by atoms with Crippen molar-refractivity contribution in [3.8, 4) is 22.3 Å². The summed E-state index contributed by atoms with van der Waals surface area (Å²) in [6.45, 7) is 4.41. The Kier molecular flexibility index (Phi) is 11.1. The van der Waals surface area contributed by atoms with Crippen LogP contribution in [0.4, 0.5) is 34.1 Å². The maximum Gasteiger partial charge on any atom is 0.0714 e. The average Bonchev–Trinajstić information content (AvgIpc) is 3.35. The van der Waals surface area contributed by atoms with Crippen molar-refractivity contribution in [2.75, 3.05) is 9.80 Å². The molecule has 2 nitrogen and oxygen atoms in total. The molecule has 0 fully saturated rings. The molecule has 0 radical (unpaired) electrons. The Balaban J connectivity index is 1.02. The molecule has 13 aromatic carbocycles. The van der Waals surface area contributed by atoms with E-state index in [9.17, 15) is 0 Å². The van der Waals surface area contributed by atoms with Crippen LogP contribution in [-0.4, -0.2) is 0 Å². The van der Waals surface area contributed by atoms with Gasteiger partial charge in [0.25, 0.3) is 0 Å². The number of aryl methyl sites for hydroxylation is 2. The smallest absolute Gasteiger partial charge is 0.0714 e. The largest absolute Gasteiger partial charge is 0.310 e. The van der Waals surface area contributed by atoms with Crippen LogP contribution in [0, 0.1) is 13.8 Å². The van der Waals surface area contributed by atoms with Gasteiger partial charge in [-0.15, -0.1) is 0 Å². The third-order valence-electron chi connectivity index (χ3n) is 17.4. The zero-order valence-corrected chi connectivity index (χ0v) is 44.8. The summed E-state index contributed by atoms with van der Waals surface area (Å²) < 4.78 is 0. The lowest BCUT2D eigenvalue weighted by Crippen LogP contribution is -2.30. The van der Waals surface area contributed by atoms with Gasteiger partial charge < -0.3 is 9.80 Å². The van der Waals surface area contributed by atoms with E-state index in [-0.39, 0.29) is 0 Å². The van der Waals surface area contributed by atoms with Crippen molar-refractivity contribution in [3.05, 3.63) is 359 Å². The first-order valence-electron chi connectivity index (χ1n) is 27.9. The van der Waals surface area contributed by atoms with Crippen LogP contribution in [0.5, 0.6) is 0 Å². The highest BCUT2D eigenvalue weighted by molar-refractivity contribution is 6.03. The van der Waals surface area contributed by atoms with Crippen molar-refractivity contribution < 1.29 is 0 Å². The molecule has 0 saturated carbocycles. The molecule has 0 atom stereocenters. The van der Waals surface area contributed by atoms with Gasteiger partial charge in [-0.2, -0.15) is 0 Å². The lowest BCUT2D eigenvalue weighted by Gasteiger charge is -2.35. The molecule has 2 aliphatic rings. The van der Waals surface area contributed by atoms with Crippen LogP contribution in [0.25, 0.3) is 43.8 Å². The van der Waals surface area contributed by atoms with Crippen molar-refractivity contribution in [1.82, 2.24) is 0 Å². The normalized spacial score (nSPS) is 13.3. The number of anilines is 6. The Hall–Kier alpha value is -10.0. The third-order valence-corrected chi connectivity index (χ3v) is 17.4. The topological polar surface area (TPSA) is 6.48 Å². The van der Waals surface area contributed by atoms with E-state index in [0.29, 0.717) is 0 Å². The summed E-state index contributed by atoms with van der Waals surface area (Å²) in [6.07, 6.45) is 0. The molecule has 2 heteroatoms. The predicted octanol–water partition coefficient (Wildman–Crippen LogP) is 20.3. The van der Waals surface area contributed by atoms with Gasteiger partial charge in [0.15, 0.2) is 0 Å². The fourth-order valence-corrected chi connectivity index (χ4v) is 13.8. The molecule has 0 aliphatic heterocycles. The first kappa shape index (κ1) is 47.2. The summed E-state index contributed by atoms with van der Waals surface area (Å²) in [6, 6.07) is 113. The Bertz CT molecular complexity index is 4110. The Morgan fingerprint density at radius 2 is 0.512 bits per heavy atom. The number of benzene rings is 13. The first-order chi connectivity index (χ1) is 39.5. The lowest BCUT2D eigenvalue weighted by atomic mass is 9.66. The Morgan fingerprint density at radius 3 is 0.850 bits per heavy atom. The summed E-state index contributed by atoms with van der Waals surface area (Å²) in [7, 11) is 0. The number of nitrogens with zero attached hydrogens (tertiary/aromatic N) is 2. The van der Waals surface area contributed by atoms with E-state index in [0.717, 1.165) is 34.1 Å². The second-order valence-corrected chi connectivity index (χ2v) is 21.7. The van der Waals surface area contributed by atoms with Crippen molar-refractivity contribution in [1.29, 1.82) is 0 Å². The summed E-state index contributed by atoms with van der Waals surface area (Å²) in [4.78, 5) is 4.81. The fraction of sp³-hybridized carbons (Fsp3) is 0.0513. The molecular weight excluding hydrogens is 965 g/mol. The second-order valence-electron chi connectivity index (χ2n) is 21.7. The minimum absolute atomic E-state index is 0.658. The van der Waals surface area contributed by atoms with Crippen molar-refractivity contribution in [2.45, 2.75) is 24.7 Å². The van der Waals surface area contributed by atoms with Crippen LogP contribution in [0.3, 0.4) is 0 Å². The van der Waals surface area contributed by atoms with Crippen LogP contribution >= 0.6 is 0 Å². The molecule has 2 aliphatic carbocycles. The molecule has 0 N–H and O–H groups in total.